The lowest BCUT2D eigenvalue weighted by Crippen LogP contribution is -2.30. The molecular weight excluding hydrogens is 648 g/mol. The van der Waals surface area contributed by atoms with E-state index in [2.05, 4.69) is 19.9 Å². The van der Waals surface area contributed by atoms with E-state index in [0.29, 0.717) is 41.2 Å². The van der Waals surface area contributed by atoms with Crippen molar-refractivity contribution in [3.8, 4) is 5.75 Å². The highest BCUT2D eigenvalue weighted by atomic mass is 35.5. The topological polar surface area (TPSA) is 131 Å². The van der Waals surface area contributed by atoms with E-state index in [4.69, 9.17) is 20.8 Å². The van der Waals surface area contributed by atoms with Gasteiger partial charge in [-0.15, -0.1) is 11.3 Å². The van der Waals surface area contributed by atoms with Crippen LogP contribution in [0.5, 0.6) is 5.75 Å². The van der Waals surface area contributed by atoms with Crippen LogP contribution in [0.15, 0.2) is 45.2 Å². The van der Waals surface area contributed by atoms with Gasteiger partial charge in [-0.3, -0.25) is 14.5 Å². The minimum absolute atomic E-state index is 0.00639. The highest BCUT2D eigenvalue weighted by Gasteiger charge is 2.31. The lowest BCUT2D eigenvalue weighted by atomic mass is 9.86. The summed E-state index contributed by atoms with van der Waals surface area (Å²) in [5, 5.41) is 2.99. The summed E-state index contributed by atoms with van der Waals surface area (Å²) in [5.41, 5.74) is 2.17. The third kappa shape index (κ3) is 9.33. The van der Waals surface area contributed by atoms with Crippen LogP contribution in [0.1, 0.15) is 104 Å². The zero-order chi connectivity index (χ0) is 32.5. The lowest BCUT2D eigenvalue weighted by molar-refractivity contribution is -0.119. The van der Waals surface area contributed by atoms with Gasteiger partial charge in [-0.2, -0.15) is 0 Å². The Bertz CT molecular complexity index is 1580. The number of aryl methyl sites for hydroxylation is 1. The maximum absolute atomic E-state index is 12.8. The van der Waals surface area contributed by atoms with Crippen molar-refractivity contribution in [2.75, 3.05) is 20.2 Å². The monoisotopic (exact) mass is 690 g/mol. The Morgan fingerprint density at radius 1 is 1.09 bits per heavy atom. The average molecular weight is 691 g/mol. The van der Waals surface area contributed by atoms with Crippen LogP contribution in [-0.4, -0.2) is 50.3 Å². The third-order valence-corrected chi connectivity index (χ3v) is 12.0. The quantitative estimate of drug-likeness (QED) is 0.170. The second kappa shape index (κ2) is 16.3. The van der Waals surface area contributed by atoms with Crippen LogP contribution in [0.4, 0.5) is 0 Å². The smallest absolute Gasteiger partial charge is 0.273 e. The molecule has 0 bridgehead atoms. The first kappa shape index (κ1) is 34.4. The number of aromatic nitrogens is 1. The molecular formula is C33H43ClN4O6S2. The first-order chi connectivity index (χ1) is 22.2. The molecule has 1 aromatic carbocycles. The molecule has 10 nitrogen and oxygen atoms in total. The molecule has 1 aliphatic heterocycles. The van der Waals surface area contributed by atoms with Crippen molar-refractivity contribution in [3.63, 3.8) is 0 Å². The van der Waals surface area contributed by atoms with Crippen LogP contribution >= 0.6 is 22.9 Å². The van der Waals surface area contributed by atoms with E-state index in [-0.39, 0.29) is 22.6 Å². The summed E-state index contributed by atoms with van der Waals surface area (Å²) in [4.78, 5) is 32.2. The van der Waals surface area contributed by atoms with E-state index < -0.39 is 15.9 Å². The minimum Gasteiger partial charge on any atom is -0.497 e. The molecule has 46 heavy (non-hydrogen) atoms. The number of likely N-dealkylation sites (tertiary alicyclic amines) is 1. The van der Waals surface area contributed by atoms with Gasteiger partial charge in [-0.25, -0.2) is 18.1 Å². The van der Waals surface area contributed by atoms with E-state index in [1.807, 2.05) is 18.2 Å². The molecule has 2 aliphatic rings. The molecule has 3 aromatic rings. The first-order valence-electron chi connectivity index (χ1n) is 16.2. The van der Waals surface area contributed by atoms with Crippen molar-refractivity contribution < 1.29 is 27.2 Å². The molecule has 1 saturated carbocycles. The number of carbonyl (C=O) groups excluding carboxylic acids is 2. The predicted octanol–water partition coefficient (Wildman–Crippen LogP) is 6.65. The average Bonchev–Trinajstić information content (AvgIpc) is 3.82. The Kier molecular flexibility index (Phi) is 12.2. The number of ether oxygens (including phenoxy) is 1. The molecule has 2 amide bonds. The molecule has 13 heteroatoms. The van der Waals surface area contributed by atoms with Crippen LogP contribution in [0, 0.1) is 5.92 Å². The maximum atomic E-state index is 12.8. The summed E-state index contributed by atoms with van der Waals surface area (Å²) in [6.45, 7) is 2.00. The number of hydrogen-bond acceptors (Lipinski definition) is 9. The highest BCUT2D eigenvalue weighted by molar-refractivity contribution is 7.92. The van der Waals surface area contributed by atoms with E-state index in [0.717, 1.165) is 60.6 Å². The van der Waals surface area contributed by atoms with Crippen LogP contribution in [0.25, 0.3) is 0 Å². The number of amides is 2. The first-order valence-corrected chi connectivity index (χ1v) is 18.8. The van der Waals surface area contributed by atoms with Crippen molar-refractivity contribution in [3.05, 3.63) is 63.6 Å². The molecule has 1 unspecified atom stereocenters. The van der Waals surface area contributed by atoms with E-state index in [1.54, 1.807) is 7.11 Å². The Hall–Kier alpha value is -2.93. The number of rotatable bonds is 15. The largest absolute Gasteiger partial charge is 0.497 e. The molecule has 2 aromatic heterocycles. The lowest BCUT2D eigenvalue weighted by Gasteiger charge is -2.23. The Morgan fingerprint density at radius 3 is 2.67 bits per heavy atom. The van der Waals surface area contributed by atoms with Crippen molar-refractivity contribution in [2.24, 2.45) is 5.92 Å². The van der Waals surface area contributed by atoms with Gasteiger partial charge in [0.25, 0.3) is 15.9 Å². The summed E-state index contributed by atoms with van der Waals surface area (Å²) < 4.78 is 38.9. The minimum atomic E-state index is -3.98. The van der Waals surface area contributed by atoms with E-state index in [1.165, 1.54) is 56.9 Å². The second-order valence-corrected chi connectivity index (χ2v) is 15.8. The fraction of sp³-hybridized carbons (Fsp3) is 0.545. The number of sulfonamides is 1. The van der Waals surface area contributed by atoms with Crippen LogP contribution in [0.2, 0.25) is 4.34 Å². The number of hydrogen-bond donors (Lipinski definition) is 2. The standard InChI is InChI=1S/C33H43ClN4O6S2/c1-43-26-14-12-24(13-16-30(39)37-46(41,42)31-17-15-29(34)45-31)25(20-26)21-38-19-7-11-28(38)33-36-27(22-44-33)32(40)35-18-6-5-10-23-8-3-2-4-9-23/h12,14-15,17,20,22-23,28H,2-11,13,16,18-19,21H2,1H3,(H,35,40)(H,37,39). The summed E-state index contributed by atoms with van der Waals surface area (Å²) in [6, 6.07) is 8.44. The predicted molar refractivity (Wildman–Crippen MR) is 178 cm³/mol. The molecule has 5 rings (SSSR count). The number of thiophene rings is 1. The molecule has 0 radical (unpaired) electrons. The molecule has 1 saturated heterocycles. The Morgan fingerprint density at radius 2 is 1.91 bits per heavy atom. The number of methoxy groups -OCH3 is 1. The number of unbranched alkanes of at least 4 members (excludes halogenated alkanes) is 1. The van der Waals surface area contributed by atoms with Crippen molar-refractivity contribution >= 4 is 44.8 Å². The molecule has 3 heterocycles. The molecule has 2 fully saturated rings. The van der Waals surface area contributed by atoms with Gasteiger partial charge in [0.2, 0.25) is 11.8 Å². The van der Waals surface area contributed by atoms with Crippen molar-refractivity contribution in [2.45, 2.75) is 93.8 Å². The molecule has 0 spiro atoms. The van der Waals surface area contributed by atoms with Gasteiger partial charge in [0.1, 0.15) is 16.2 Å². The van der Waals surface area contributed by atoms with Crippen molar-refractivity contribution in [1.82, 2.24) is 19.9 Å². The van der Waals surface area contributed by atoms with Crippen LogP contribution in [-0.2, 0) is 27.8 Å². The van der Waals surface area contributed by atoms with E-state index >= 15 is 0 Å². The summed E-state index contributed by atoms with van der Waals surface area (Å²) in [5.74, 6) is 1.24. The number of nitrogens with one attached hydrogen (secondary N) is 2. The second-order valence-electron chi connectivity index (χ2n) is 12.2. The van der Waals surface area contributed by atoms with Crippen molar-refractivity contribution in [1.29, 1.82) is 0 Å². The zero-order valence-electron chi connectivity index (χ0n) is 26.3. The van der Waals surface area contributed by atoms with Gasteiger partial charge in [0.15, 0.2) is 5.69 Å². The van der Waals surface area contributed by atoms with Crippen LogP contribution in [0.3, 0.4) is 0 Å². The number of halogens is 1. The van der Waals surface area contributed by atoms with Gasteiger partial charge in [-0.05, 0) is 73.5 Å². The number of carbonyl (C=O) groups is 2. The molecule has 2 N–H and O–H groups in total. The fourth-order valence-electron chi connectivity index (χ4n) is 6.45. The summed E-state index contributed by atoms with van der Waals surface area (Å²) in [7, 11) is -2.38. The highest BCUT2D eigenvalue weighted by Crippen LogP contribution is 2.34. The number of nitrogens with zero attached hydrogens (tertiary/aromatic N) is 2. The van der Waals surface area contributed by atoms with Gasteiger partial charge >= 0.3 is 0 Å². The van der Waals surface area contributed by atoms with Gasteiger partial charge < -0.3 is 14.5 Å². The van der Waals surface area contributed by atoms with Gasteiger partial charge in [-0.1, -0.05) is 62.6 Å². The Balaban J connectivity index is 1.15. The van der Waals surface area contributed by atoms with Crippen LogP contribution < -0.4 is 14.8 Å². The van der Waals surface area contributed by atoms with Gasteiger partial charge in [0.05, 0.1) is 17.5 Å². The summed E-state index contributed by atoms with van der Waals surface area (Å²) in [6.07, 6.45) is 13.7. The van der Waals surface area contributed by atoms with E-state index in [9.17, 15) is 18.0 Å². The zero-order valence-corrected chi connectivity index (χ0v) is 28.7. The SMILES string of the molecule is COc1ccc(CCC(=O)NS(=O)(=O)c2ccc(Cl)s2)c(CN2CCCC2c2nc(C(=O)NCCCCC3CCCCC3)co2)c1. The maximum Gasteiger partial charge on any atom is 0.273 e. The normalized spacial score (nSPS) is 17.7. The third-order valence-electron chi connectivity index (χ3n) is 8.92. The fourth-order valence-corrected chi connectivity index (χ4v) is 8.94. The molecule has 1 aliphatic carbocycles. The molecule has 1 atom stereocenters. The molecule has 250 valence electrons. The number of oxazole rings is 1. The Labute approximate surface area is 280 Å². The van der Waals surface area contributed by atoms with Gasteiger partial charge in [0, 0.05) is 19.5 Å². The number of benzene rings is 1. The summed E-state index contributed by atoms with van der Waals surface area (Å²) >= 11 is 6.76.